The predicted octanol–water partition coefficient (Wildman–Crippen LogP) is 5.88. The van der Waals surface area contributed by atoms with Crippen molar-refractivity contribution >= 4 is 23.5 Å². The molecule has 0 bridgehead atoms. The Hall–Kier alpha value is -1.99. The second-order valence-electron chi connectivity index (χ2n) is 6.33. The SMILES string of the molecule is FC(F)(F)c1ccccc1.NSc1cccc(NC(=O)C2CCCCC2)c1. The van der Waals surface area contributed by atoms with Gasteiger partial charge in [-0.25, -0.2) is 0 Å². The van der Waals surface area contributed by atoms with Crippen molar-refractivity contribution in [3.05, 3.63) is 60.2 Å². The zero-order valence-electron chi connectivity index (χ0n) is 14.8. The minimum atomic E-state index is -4.21. The van der Waals surface area contributed by atoms with E-state index >= 15 is 0 Å². The molecule has 3 rings (SSSR count). The number of hydrogen-bond donors (Lipinski definition) is 2. The van der Waals surface area contributed by atoms with Crippen LogP contribution in [0, 0.1) is 5.92 Å². The maximum absolute atomic E-state index is 12.0. The average molecular weight is 396 g/mol. The van der Waals surface area contributed by atoms with Crippen LogP contribution in [0.15, 0.2) is 59.5 Å². The van der Waals surface area contributed by atoms with Crippen molar-refractivity contribution in [2.45, 2.75) is 43.2 Å². The molecule has 7 heteroatoms. The van der Waals surface area contributed by atoms with Crippen LogP contribution in [0.3, 0.4) is 0 Å². The molecule has 146 valence electrons. The summed E-state index contributed by atoms with van der Waals surface area (Å²) in [6.45, 7) is 0. The Balaban J connectivity index is 0.000000223. The molecule has 1 amide bonds. The van der Waals surface area contributed by atoms with E-state index in [9.17, 15) is 18.0 Å². The first kappa shape index (κ1) is 21.3. The molecule has 1 aliphatic carbocycles. The number of carbonyl (C=O) groups excluding carboxylic acids is 1. The van der Waals surface area contributed by atoms with Crippen molar-refractivity contribution in [3.63, 3.8) is 0 Å². The van der Waals surface area contributed by atoms with Gasteiger partial charge in [0, 0.05) is 16.5 Å². The summed E-state index contributed by atoms with van der Waals surface area (Å²) in [5.74, 6) is 0.349. The highest BCUT2D eigenvalue weighted by Gasteiger charge is 2.29. The lowest BCUT2D eigenvalue weighted by Crippen LogP contribution is -2.24. The first-order valence-electron chi connectivity index (χ1n) is 8.80. The Morgan fingerprint density at radius 3 is 2.22 bits per heavy atom. The summed E-state index contributed by atoms with van der Waals surface area (Å²) in [4.78, 5) is 13.0. The number of halogens is 3. The van der Waals surface area contributed by atoms with Gasteiger partial charge in [-0.3, -0.25) is 9.93 Å². The first-order valence-corrected chi connectivity index (χ1v) is 9.68. The fraction of sp³-hybridized carbons (Fsp3) is 0.350. The van der Waals surface area contributed by atoms with E-state index in [4.69, 9.17) is 5.14 Å². The van der Waals surface area contributed by atoms with Gasteiger partial charge in [-0.15, -0.1) is 0 Å². The maximum atomic E-state index is 12.0. The van der Waals surface area contributed by atoms with Crippen LogP contribution in [0.1, 0.15) is 37.7 Å². The van der Waals surface area contributed by atoms with E-state index in [1.807, 2.05) is 24.3 Å². The van der Waals surface area contributed by atoms with E-state index in [0.29, 0.717) is 0 Å². The summed E-state index contributed by atoms with van der Waals surface area (Å²) in [6.07, 6.45) is 1.46. The number of anilines is 1. The monoisotopic (exact) mass is 396 g/mol. The van der Waals surface area contributed by atoms with Gasteiger partial charge in [0.2, 0.25) is 5.91 Å². The smallest absolute Gasteiger partial charge is 0.326 e. The molecule has 1 aliphatic rings. The zero-order chi connectivity index (χ0) is 19.7. The van der Waals surface area contributed by atoms with Crippen LogP contribution in [-0.4, -0.2) is 5.91 Å². The molecule has 3 N–H and O–H groups in total. The molecule has 0 unspecified atom stereocenters. The van der Waals surface area contributed by atoms with Crippen LogP contribution in [0.4, 0.5) is 18.9 Å². The van der Waals surface area contributed by atoms with Gasteiger partial charge in [-0.2, -0.15) is 13.2 Å². The Kier molecular flexibility index (Phi) is 8.19. The molecule has 0 atom stereocenters. The topological polar surface area (TPSA) is 55.1 Å². The lowest BCUT2D eigenvalue weighted by Gasteiger charge is -2.20. The molecule has 0 heterocycles. The van der Waals surface area contributed by atoms with Crippen molar-refractivity contribution in [1.82, 2.24) is 0 Å². The predicted molar refractivity (Wildman–Crippen MR) is 103 cm³/mol. The van der Waals surface area contributed by atoms with Crippen molar-refractivity contribution < 1.29 is 18.0 Å². The van der Waals surface area contributed by atoms with Crippen molar-refractivity contribution in [3.8, 4) is 0 Å². The molecule has 0 aliphatic heterocycles. The number of nitrogens with two attached hydrogens (primary N) is 1. The van der Waals surface area contributed by atoms with E-state index in [1.165, 1.54) is 43.3 Å². The fourth-order valence-corrected chi connectivity index (χ4v) is 3.24. The van der Waals surface area contributed by atoms with Crippen LogP contribution in [-0.2, 0) is 11.0 Å². The lowest BCUT2D eigenvalue weighted by atomic mass is 9.88. The van der Waals surface area contributed by atoms with E-state index in [1.54, 1.807) is 6.07 Å². The minimum Gasteiger partial charge on any atom is -0.326 e. The van der Waals surface area contributed by atoms with Crippen LogP contribution in [0.25, 0.3) is 0 Å². The van der Waals surface area contributed by atoms with Gasteiger partial charge < -0.3 is 5.32 Å². The largest absolute Gasteiger partial charge is 0.416 e. The molecule has 27 heavy (non-hydrogen) atoms. The molecular weight excluding hydrogens is 373 g/mol. The number of rotatable bonds is 3. The normalized spacial score (nSPS) is 14.8. The van der Waals surface area contributed by atoms with Gasteiger partial charge in [0.05, 0.1) is 5.56 Å². The molecule has 0 spiro atoms. The van der Waals surface area contributed by atoms with Gasteiger partial charge in [-0.05, 0) is 43.0 Å². The number of carbonyl (C=O) groups is 1. The van der Waals surface area contributed by atoms with Crippen LogP contribution in [0.5, 0.6) is 0 Å². The molecule has 1 fully saturated rings. The number of nitrogens with one attached hydrogen (secondary N) is 1. The molecule has 1 saturated carbocycles. The van der Waals surface area contributed by atoms with Crippen molar-refractivity contribution in [2.24, 2.45) is 11.1 Å². The summed E-state index contributed by atoms with van der Waals surface area (Å²) >= 11 is 1.19. The van der Waals surface area contributed by atoms with Gasteiger partial charge >= 0.3 is 6.18 Å². The molecular formula is C20H23F3N2OS. The number of amides is 1. The Bertz CT molecular complexity index is 717. The average Bonchev–Trinajstić information content (AvgIpc) is 2.69. The summed E-state index contributed by atoms with van der Waals surface area (Å²) < 4.78 is 35.4. The third-order valence-corrected chi connectivity index (χ3v) is 4.84. The third-order valence-electron chi connectivity index (χ3n) is 4.31. The fourth-order valence-electron chi connectivity index (χ4n) is 2.88. The lowest BCUT2D eigenvalue weighted by molar-refractivity contribution is -0.137. The summed E-state index contributed by atoms with van der Waals surface area (Å²) in [5, 5.41) is 8.47. The van der Waals surface area contributed by atoms with E-state index < -0.39 is 11.7 Å². The number of alkyl halides is 3. The molecule has 3 nitrogen and oxygen atoms in total. The highest BCUT2D eigenvalue weighted by molar-refractivity contribution is 7.97. The van der Waals surface area contributed by atoms with E-state index in [-0.39, 0.29) is 11.8 Å². The highest BCUT2D eigenvalue weighted by Crippen LogP contribution is 2.28. The van der Waals surface area contributed by atoms with Crippen LogP contribution in [0.2, 0.25) is 0 Å². The molecule has 2 aromatic rings. The minimum absolute atomic E-state index is 0.156. The zero-order valence-corrected chi connectivity index (χ0v) is 15.7. The maximum Gasteiger partial charge on any atom is 0.416 e. The second-order valence-corrected chi connectivity index (χ2v) is 7.04. The van der Waals surface area contributed by atoms with Gasteiger partial charge in [-0.1, -0.05) is 55.7 Å². The van der Waals surface area contributed by atoms with Crippen LogP contribution < -0.4 is 10.5 Å². The number of benzene rings is 2. The Labute approximate surface area is 161 Å². The Morgan fingerprint density at radius 2 is 1.67 bits per heavy atom. The Morgan fingerprint density at radius 1 is 1.00 bits per heavy atom. The molecule has 0 saturated heterocycles. The van der Waals surface area contributed by atoms with E-state index in [2.05, 4.69) is 5.32 Å². The molecule has 2 aromatic carbocycles. The third kappa shape index (κ3) is 7.27. The quantitative estimate of drug-likeness (QED) is 0.637. The molecule has 0 aromatic heterocycles. The first-order chi connectivity index (χ1) is 12.9. The highest BCUT2D eigenvalue weighted by atomic mass is 32.2. The van der Waals surface area contributed by atoms with Crippen molar-refractivity contribution in [2.75, 3.05) is 5.32 Å². The van der Waals surface area contributed by atoms with Crippen molar-refractivity contribution in [1.29, 1.82) is 0 Å². The van der Waals surface area contributed by atoms with Gasteiger partial charge in [0.15, 0.2) is 0 Å². The summed E-state index contributed by atoms with van der Waals surface area (Å²) in [7, 11) is 0. The number of hydrogen-bond acceptors (Lipinski definition) is 3. The summed E-state index contributed by atoms with van der Waals surface area (Å²) in [5.41, 5.74) is 0.242. The van der Waals surface area contributed by atoms with Crippen LogP contribution >= 0.6 is 11.9 Å². The van der Waals surface area contributed by atoms with Gasteiger partial charge in [0.25, 0.3) is 0 Å². The standard InChI is InChI=1S/C13H18N2OS.C7H5F3/c14-17-12-8-4-7-11(9-12)15-13(16)10-5-2-1-3-6-10;8-7(9,10)6-4-2-1-3-5-6/h4,7-10H,1-3,5-6,14H2,(H,15,16);1-5H. The van der Waals surface area contributed by atoms with E-state index in [0.717, 1.165) is 35.6 Å². The molecule has 0 radical (unpaired) electrons. The summed E-state index contributed by atoms with van der Waals surface area (Å²) in [6, 6.07) is 14.0. The second kappa shape index (κ2) is 10.4. The van der Waals surface area contributed by atoms with Gasteiger partial charge in [0.1, 0.15) is 0 Å².